The van der Waals surface area contributed by atoms with Gasteiger partial charge in [0.25, 0.3) is 0 Å². The number of piperidine rings is 1. The number of likely N-dealkylation sites (tertiary alicyclic amines) is 1. The quantitative estimate of drug-likeness (QED) is 0.908. The van der Waals surface area contributed by atoms with Crippen LogP contribution in [0.15, 0.2) is 30.7 Å². The summed E-state index contributed by atoms with van der Waals surface area (Å²) in [7, 11) is 1.80. The minimum atomic E-state index is -0.580. The van der Waals surface area contributed by atoms with E-state index in [-0.39, 0.29) is 29.6 Å². The predicted molar refractivity (Wildman–Crippen MR) is 91.4 cm³/mol. The molecule has 0 unspecified atom stereocenters. The minimum Gasteiger partial charge on any atom is -0.330 e. The molecular formula is C18H20FN5O2. The fourth-order valence-electron chi connectivity index (χ4n) is 3.70. The Morgan fingerprint density at radius 2 is 2.08 bits per heavy atom. The number of nitrogens with one attached hydrogen (secondary N) is 1. The highest BCUT2D eigenvalue weighted by molar-refractivity contribution is 5.94. The van der Waals surface area contributed by atoms with Crippen LogP contribution in [0.4, 0.5) is 10.1 Å². The molecule has 1 N–H and O–H groups in total. The molecule has 1 aliphatic heterocycles. The summed E-state index contributed by atoms with van der Waals surface area (Å²) in [5.74, 6) is -1.27. The summed E-state index contributed by atoms with van der Waals surface area (Å²) in [6.07, 6.45) is 6.81. The Morgan fingerprint density at radius 1 is 1.27 bits per heavy atom. The average Bonchev–Trinajstić information content (AvgIpc) is 3.37. The van der Waals surface area contributed by atoms with E-state index in [1.165, 1.54) is 12.3 Å². The van der Waals surface area contributed by atoms with Gasteiger partial charge < -0.3 is 10.2 Å². The lowest BCUT2D eigenvalue weighted by Gasteiger charge is -2.40. The molecular weight excluding hydrogens is 337 g/mol. The van der Waals surface area contributed by atoms with E-state index < -0.39 is 11.7 Å². The van der Waals surface area contributed by atoms with E-state index in [1.54, 1.807) is 17.9 Å². The van der Waals surface area contributed by atoms with Crippen molar-refractivity contribution in [3.8, 4) is 0 Å². The summed E-state index contributed by atoms with van der Waals surface area (Å²) in [5.41, 5.74) is 0.920. The molecule has 3 heterocycles. The maximum atomic E-state index is 13.9. The number of carbonyl (C=O) groups excluding carboxylic acids is 2. The van der Waals surface area contributed by atoms with Gasteiger partial charge in [-0.1, -0.05) is 0 Å². The van der Waals surface area contributed by atoms with Crippen LogP contribution in [0.5, 0.6) is 0 Å². The molecule has 2 atom stereocenters. The number of carbonyl (C=O) groups is 2. The van der Waals surface area contributed by atoms with Crippen molar-refractivity contribution >= 4 is 17.5 Å². The number of rotatable bonds is 4. The van der Waals surface area contributed by atoms with Crippen LogP contribution in [0, 0.1) is 11.7 Å². The molecule has 2 aliphatic rings. The van der Waals surface area contributed by atoms with Crippen molar-refractivity contribution in [1.82, 2.24) is 19.7 Å². The monoisotopic (exact) mass is 357 g/mol. The van der Waals surface area contributed by atoms with E-state index in [9.17, 15) is 14.0 Å². The van der Waals surface area contributed by atoms with Crippen LogP contribution in [0.3, 0.4) is 0 Å². The van der Waals surface area contributed by atoms with Crippen LogP contribution in [0.2, 0.25) is 0 Å². The maximum absolute atomic E-state index is 13.9. The van der Waals surface area contributed by atoms with Gasteiger partial charge >= 0.3 is 0 Å². The number of aryl methyl sites for hydroxylation is 1. The van der Waals surface area contributed by atoms with E-state index in [2.05, 4.69) is 15.4 Å². The smallest absolute Gasteiger partial charge is 0.230 e. The Labute approximate surface area is 150 Å². The lowest BCUT2D eigenvalue weighted by atomic mass is 9.85. The normalized spacial score (nSPS) is 23.2. The van der Waals surface area contributed by atoms with Crippen LogP contribution in [0.1, 0.15) is 37.4 Å². The maximum Gasteiger partial charge on any atom is 0.230 e. The van der Waals surface area contributed by atoms with Crippen molar-refractivity contribution < 1.29 is 14.0 Å². The summed E-state index contributed by atoms with van der Waals surface area (Å²) in [6.45, 7) is 0. The molecule has 0 spiro atoms. The summed E-state index contributed by atoms with van der Waals surface area (Å²) >= 11 is 0. The van der Waals surface area contributed by atoms with Gasteiger partial charge in [0.05, 0.1) is 29.5 Å². The molecule has 2 amide bonds. The molecule has 1 saturated heterocycles. The number of hydrogen-bond donors (Lipinski definition) is 1. The van der Waals surface area contributed by atoms with E-state index in [0.717, 1.165) is 24.7 Å². The van der Waals surface area contributed by atoms with Gasteiger partial charge in [0.2, 0.25) is 11.8 Å². The molecule has 0 bridgehead atoms. The first-order valence-corrected chi connectivity index (χ1v) is 8.75. The van der Waals surface area contributed by atoms with Crippen LogP contribution < -0.4 is 5.32 Å². The fraction of sp³-hybridized carbons (Fsp3) is 0.444. The van der Waals surface area contributed by atoms with E-state index >= 15 is 0 Å². The Bertz CT molecular complexity index is 848. The summed E-state index contributed by atoms with van der Waals surface area (Å²) in [5, 5.41) is 6.87. The number of nitrogens with zero attached hydrogens (tertiary/aromatic N) is 4. The van der Waals surface area contributed by atoms with Crippen LogP contribution in [-0.4, -0.2) is 37.5 Å². The number of anilines is 1. The Hall–Kier alpha value is -2.77. The molecule has 136 valence electrons. The van der Waals surface area contributed by atoms with Crippen molar-refractivity contribution in [2.45, 2.75) is 37.8 Å². The molecule has 1 saturated carbocycles. The fourth-order valence-corrected chi connectivity index (χ4v) is 3.70. The van der Waals surface area contributed by atoms with E-state index in [4.69, 9.17) is 0 Å². The Morgan fingerprint density at radius 3 is 2.73 bits per heavy atom. The van der Waals surface area contributed by atoms with E-state index in [0.29, 0.717) is 12.8 Å². The van der Waals surface area contributed by atoms with Crippen LogP contribution >= 0.6 is 0 Å². The molecule has 2 aromatic heterocycles. The number of halogens is 1. The highest BCUT2D eigenvalue weighted by Crippen LogP contribution is 2.43. The van der Waals surface area contributed by atoms with Gasteiger partial charge in [0.15, 0.2) is 5.82 Å². The van der Waals surface area contributed by atoms with Crippen molar-refractivity contribution in [1.29, 1.82) is 0 Å². The first-order chi connectivity index (χ1) is 12.6. The van der Waals surface area contributed by atoms with Gasteiger partial charge in [-0.15, -0.1) is 0 Å². The molecule has 1 aliphatic carbocycles. The van der Waals surface area contributed by atoms with Crippen LogP contribution in [0.25, 0.3) is 0 Å². The highest BCUT2D eigenvalue weighted by Gasteiger charge is 2.47. The predicted octanol–water partition coefficient (Wildman–Crippen LogP) is 2.04. The van der Waals surface area contributed by atoms with Crippen molar-refractivity contribution in [3.63, 3.8) is 0 Å². The lowest BCUT2D eigenvalue weighted by molar-refractivity contribution is -0.143. The standard InChI is InChI=1S/C18H20FN5O2/c1-23-15(7-9-21-23)17-12(4-5-16(25)24(17)11-2-3-11)18(26)22-14-6-8-20-10-13(14)19/h6-12,17H,2-5H2,1H3,(H,20,22,26)/t12-,17-/m0/s1. The average molecular weight is 357 g/mol. The second kappa shape index (κ2) is 6.51. The SMILES string of the molecule is Cn1nccc1[C@@H]1[C@@H](C(=O)Nc2ccncc2F)CCC(=O)N1C1CC1. The molecule has 4 rings (SSSR count). The zero-order valence-electron chi connectivity index (χ0n) is 14.4. The topological polar surface area (TPSA) is 80.1 Å². The first-order valence-electron chi connectivity index (χ1n) is 8.75. The van der Waals surface area contributed by atoms with Gasteiger partial charge in [-0.3, -0.25) is 19.3 Å². The molecule has 26 heavy (non-hydrogen) atoms. The number of aromatic nitrogens is 3. The third-order valence-electron chi connectivity index (χ3n) is 5.11. The molecule has 2 aromatic rings. The highest BCUT2D eigenvalue weighted by atomic mass is 19.1. The largest absolute Gasteiger partial charge is 0.330 e. The zero-order chi connectivity index (χ0) is 18.3. The molecule has 8 heteroatoms. The second-order valence-electron chi connectivity index (χ2n) is 6.85. The number of pyridine rings is 1. The van der Waals surface area contributed by atoms with Crippen molar-refractivity contribution in [2.75, 3.05) is 5.32 Å². The number of hydrogen-bond acceptors (Lipinski definition) is 4. The van der Waals surface area contributed by atoms with Gasteiger partial charge in [-0.05, 0) is 31.4 Å². The molecule has 0 aromatic carbocycles. The Kier molecular flexibility index (Phi) is 4.18. The third kappa shape index (κ3) is 2.95. The molecule has 7 nitrogen and oxygen atoms in total. The van der Waals surface area contributed by atoms with Crippen LogP contribution in [-0.2, 0) is 16.6 Å². The third-order valence-corrected chi connectivity index (χ3v) is 5.11. The summed E-state index contributed by atoms with van der Waals surface area (Å²) in [4.78, 5) is 31.1. The zero-order valence-corrected chi connectivity index (χ0v) is 14.4. The molecule has 0 radical (unpaired) electrons. The summed E-state index contributed by atoms with van der Waals surface area (Å²) < 4.78 is 15.6. The number of amides is 2. The van der Waals surface area contributed by atoms with Crippen molar-refractivity contribution in [3.05, 3.63) is 42.2 Å². The van der Waals surface area contributed by atoms with Gasteiger partial charge in [0.1, 0.15) is 0 Å². The Balaban J connectivity index is 1.66. The van der Waals surface area contributed by atoms with Gasteiger partial charge in [-0.2, -0.15) is 5.10 Å². The molecule has 2 fully saturated rings. The van der Waals surface area contributed by atoms with E-state index in [1.807, 2.05) is 11.0 Å². The van der Waals surface area contributed by atoms with Gasteiger partial charge in [-0.25, -0.2) is 4.39 Å². The van der Waals surface area contributed by atoms with Gasteiger partial charge in [0, 0.05) is 31.9 Å². The summed E-state index contributed by atoms with van der Waals surface area (Å²) in [6, 6.07) is 3.06. The second-order valence-corrected chi connectivity index (χ2v) is 6.85. The minimum absolute atomic E-state index is 0.0674. The lowest BCUT2D eigenvalue weighted by Crippen LogP contribution is -2.48. The first kappa shape index (κ1) is 16.7. The van der Waals surface area contributed by atoms with Crippen molar-refractivity contribution in [2.24, 2.45) is 13.0 Å².